The monoisotopic (exact) mass is 311 g/mol. The van der Waals surface area contributed by atoms with Crippen LogP contribution in [0.15, 0.2) is 0 Å². The molecule has 1 fully saturated rings. The molecule has 7 heteroatoms. The van der Waals surface area contributed by atoms with Crippen molar-refractivity contribution in [3.63, 3.8) is 0 Å². The lowest BCUT2D eigenvalue weighted by molar-refractivity contribution is 0.240. The van der Waals surface area contributed by atoms with Gasteiger partial charge in [-0.1, -0.05) is 25.2 Å². The summed E-state index contributed by atoms with van der Waals surface area (Å²) in [7, 11) is 4.03. The highest BCUT2D eigenvalue weighted by Gasteiger charge is 2.27. The molecule has 6 nitrogen and oxygen atoms in total. The maximum Gasteiger partial charge on any atom is 0.321 e. The van der Waals surface area contributed by atoms with E-state index >= 15 is 0 Å². The van der Waals surface area contributed by atoms with E-state index in [0.29, 0.717) is 17.0 Å². The van der Waals surface area contributed by atoms with Crippen molar-refractivity contribution in [2.75, 3.05) is 26.0 Å². The predicted molar refractivity (Wildman–Crippen MR) is 85.8 cm³/mol. The molecule has 2 amide bonds. The van der Waals surface area contributed by atoms with Gasteiger partial charge in [0.25, 0.3) is 0 Å². The highest BCUT2D eigenvalue weighted by Crippen LogP contribution is 2.41. The fourth-order valence-corrected chi connectivity index (χ4v) is 3.20. The van der Waals surface area contributed by atoms with E-state index in [-0.39, 0.29) is 12.1 Å². The van der Waals surface area contributed by atoms with Gasteiger partial charge in [0.2, 0.25) is 5.13 Å². The van der Waals surface area contributed by atoms with Gasteiger partial charge < -0.3 is 10.2 Å². The first-order valence-electron chi connectivity index (χ1n) is 7.49. The van der Waals surface area contributed by atoms with E-state index in [1.54, 1.807) is 0 Å². The first-order chi connectivity index (χ1) is 9.94. The molecule has 2 N–H and O–H groups in total. The van der Waals surface area contributed by atoms with Gasteiger partial charge in [0.1, 0.15) is 5.01 Å². The van der Waals surface area contributed by atoms with Gasteiger partial charge in [-0.3, -0.25) is 5.32 Å². The van der Waals surface area contributed by atoms with Crippen molar-refractivity contribution in [3.05, 3.63) is 5.01 Å². The smallest absolute Gasteiger partial charge is 0.321 e. The zero-order valence-corrected chi connectivity index (χ0v) is 14.0. The Balaban J connectivity index is 1.84. The molecule has 1 unspecified atom stereocenters. The normalized spacial score (nSPS) is 16.3. The van der Waals surface area contributed by atoms with Crippen LogP contribution >= 0.6 is 11.3 Å². The number of carbonyl (C=O) groups excluding carboxylic acids is 1. The van der Waals surface area contributed by atoms with E-state index in [1.807, 2.05) is 14.1 Å². The molecule has 0 aromatic carbocycles. The number of nitrogens with zero attached hydrogens (tertiary/aromatic N) is 3. The maximum absolute atomic E-state index is 12.1. The van der Waals surface area contributed by atoms with Crippen LogP contribution in [0.5, 0.6) is 0 Å². The highest BCUT2D eigenvalue weighted by molar-refractivity contribution is 7.15. The van der Waals surface area contributed by atoms with Crippen LogP contribution in [0.2, 0.25) is 0 Å². The fourth-order valence-electron chi connectivity index (χ4n) is 2.29. The summed E-state index contributed by atoms with van der Waals surface area (Å²) in [6.45, 7) is 5.15. The summed E-state index contributed by atoms with van der Waals surface area (Å²) in [5, 5.41) is 15.6. The van der Waals surface area contributed by atoms with Gasteiger partial charge in [-0.05, 0) is 39.3 Å². The van der Waals surface area contributed by atoms with Crippen LogP contribution in [0.3, 0.4) is 0 Å². The fraction of sp³-hybridized carbons (Fsp3) is 0.786. The van der Waals surface area contributed by atoms with E-state index in [2.05, 4.69) is 39.6 Å². The molecule has 118 valence electrons. The summed E-state index contributed by atoms with van der Waals surface area (Å²) in [5.74, 6) is 1.11. The number of aromatic nitrogens is 2. The van der Waals surface area contributed by atoms with Crippen LogP contribution < -0.4 is 10.6 Å². The van der Waals surface area contributed by atoms with Crippen molar-refractivity contribution in [1.82, 2.24) is 20.4 Å². The average molecular weight is 311 g/mol. The number of amides is 2. The Morgan fingerprint density at radius 3 is 2.67 bits per heavy atom. The van der Waals surface area contributed by atoms with E-state index in [4.69, 9.17) is 0 Å². The standard InChI is InChI=1S/C14H25N5OS/c1-9(2)7-11(8-19(3)4)15-13(20)16-14-18-17-12(21-14)10-5-6-10/h9-11H,5-8H2,1-4H3,(H2,15,16,18,20). The van der Waals surface area contributed by atoms with E-state index in [9.17, 15) is 4.79 Å². The molecule has 2 rings (SSSR count). The van der Waals surface area contributed by atoms with Crippen LogP contribution in [0.1, 0.15) is 44.0 Å². The zero-order chi connectivity index (χ0) is 15.4. The second-order valence-electron chi connectivity index (χ2n) is 6.41. The third-order valence-electron chi connectivity index (χ3n) is 3.26. The molecule has 1 aromatic heterocycles. The Hall–Kier alpha value is -1.21. The highest BCUT2D eigenvalue weighted by atomic mass is 32.1. The Bertz CT molecular complexity index is 460. The molecule has 1 saturated carbocycles. The van der Waals surface area contributed by atoms with Gasteiger partial charge in [0.15, 0.2) is 0 Å². The second kappa shape index (κ2) is 7.17. The lowest BCUT2D eigenvalue weighted by Gasteiger charge is -2.23. The summed E-state index contributed by atoms with van der Waals surface area (Å²) in [6, 6.07) is -0.0585. The number of anilines is 1. The Morgan fingerprint density at radius 1 is 1.38 bits per heavy atom. The van der Waals surface area contributed by atoms with Gasteiger partial charge >= 0.3 is 6.03 Å². The first kappa shape index (κ1) is 16.2. The molecule has 0 aliphatic heterocycles. The summed E-state index contributed by atoms with van der Waals surface area (Å²) < 4.78 is 0. The van der Waals surface area contributed by atoms with E-state index < -0.39 is 0 Å². The molecule has 0 bridgehead atoms. The molecule has 0 spiro atoms. The van der Waals surface area contributed by atoms with Gasteiger partial charge in [-0.2, -0.15) is 0 Å². The summed E-state index contributed by atoms with van der Waals surface area (Å²) >= 11 is 1.48. The summed E-state index contributed by atoms with van der Waals surface area (Å²) in [5.41, 5.74) is 0. The van der Waals surface area contributed by atoms with Gasteiger partial charge in [-0.25, -0.2) is 4.79 Å². The number of carbonyl (C=O) groups is 1. The van der Waals surface area contributed by atoms with Crippen molar-refractivity contribution in [1.29, 1.82) is 0 Å². The van der Waals surface area contributed by atoms with Gasteiger partial charge in [-0.15, -0.1) is 10.2 Å². The number of urea groups is 1. The number of hydrogen-bond acceptors (Lipinski definition) is 5. The van der Waals surface area contributed by atoms with E-state index in [1.165, 1.54) is 24.2 Å². The van der Waals surface area contributed by atoms with Crippen molar-refractivity contribution >= 4 is 22.5 Å². The molecular formula is C14H25N5OS. The topological polar surface area (TPSA) is 70.2 Å². The first-order valence-corrected chi connectivity index (χ1v) is 8.31. The quantitative estimate of drug-likeness (QED) is 0.812. The van der Waals surface area contributed by atoms with Crippen LogP contribution in [-0.2, 0) is 0 Å². The molecule has 1 heterocycles. The SMILES string of the molecule is CC(C)CC(CN(C)C)NC(=O)Nc1nnc(C2CC2)s1. The number of hydrogen-bond donors (Lipinski definition) is 2. The van der Waals surface area contributed by atoms with Crippen LogP contribution in [0.25, 0.3) is 0 Å². The van der Waals surface area contributed by atoms with E-state index in [0.717, 1.165) is 18.0 Å². The molecule has 1 aliphatic carbocycles. The van der Waals surface area contributed by atoms with Crippen molar-refractivity contribution in [2.24, 2.45) is 5.92 Å². The zero-order valence-electron chi connectivity index (χ0n) is 13.2. The third kappa shape index (κ3) is 5.59. The number of likely N-dealkylation sites (N-methyl/N-ethyl adjacent to an activating group) is 1. The third-order valence-corrected chi connectivity index (χ3v) is 4.27. The number of rotatable bonds is 7. The second-order valence-corrected chi connectivity index (χ2v) is 7.42. The average Bonchev–Trinajstić information content (AvgIpc) is 3.09. The van der Waals surface area contributed by atoms with Crippen molar-refractivity contribution in [2.45, 2.75) is 45.1 Å². The minimum atomic E-state index is -0.194. The predicted octanol–water partition coefficient (Wildman–Crippen LogP) is 2.51. The van der Waals surface area contributed by atoms with Crippen LogP contribution in [0, 0.1) is 5.92 Å². The Labute approximate surface area is 130 Å². The lowest BCUT2D eigenvalue weighted by Crippen LogP contribution is -2.44. The molecule has 0 saturated heterocycles. The Kier molecular flexibility index (Phi) is 5.52. The maximum atomic E-state index is 12.1. The molecule has 1 aliphatic rings. The minimum Gasteiger partial charge on any atom is -0.334 e. The van der Waals surface area contributed by atoms with Gasteiger partial charge in [0, 0.05) is 18.5 Å². The summed E-state index contributed by atoms with van der Waals surface area (Å²) in [4.78, 5) is 14.2. The largest absolute Gasteiger partial charge is 0.334 e. The molecule has 21 heavy (non-hydrogen) atoms. The van der Waals surface area contributed by atoms with Crippen molar-refractivity contribution < 1.29 is 4.79 Å². The molecule has 0 radical (unpaired) electrons. The molecular weight excluding hydrogens is 286 g/mol. The lowest BCUT2D eigenvalue weighted by atomic mass is 10.0. The van der Waals surface area contributed by atoms with Crippen LogP contribution in [0.4, 0.5) is 9.93 Å². The minimum absolute atomic E-state index is 0.135. The Morgan fingerprint density at radius 2 is 2.10 bits per heavy atom. The van der Waals surface area contributed by atoms with Crippen LogP contribution in [-0.4, -0.2) is 47.8 Å². The summed E-state index contributed by atoms with van der Waals surface area (Å²) in [6.07, 6.45) is 3.34. The van der Waals surface area contributed by atoms with Gasteiger partial charge in [0.05, 0.1) is 0 Å². The molecule has 1 atom stereocenters. The molecule has 1 aromatic rings. The number of nitrogens with one attached hydrogen (secondary N) is 2. The van der Waals surface area contributed by atoms with Crippen molar-refractivity contribution in [3.8, 4) is 0 Å².